The Balaban J connectivity index is 2.89. The summed E-state index contributed by atoms with van der Waals surface area (Å²) in [7, 11) is -14.9. The Labute approximate surface area is 271 Å². The molecular formula is C34H60O6S2Si2. The maximum atomic E-state index is 13.1. The topological polar surface area (TPSA) is 109 Å². The van der Waals surface area contributed by atoms with Crippen LogP contribution in [0.2, 0.25) is 39.3 Å². The maximum absolute atomic E-state index is 13.1. The van der Waals surface area contributed by atoms with Crippen molar-refractivity contribution in [2.45, 2.75) is 166 Å². The smallest absolute Gasteiger partial charge is 0.282 e. The first-order valence-electron chi connectivity index (χ1n) is 17.0. The molecule has 6 nitrogen and oxygen atoms in total. The largest absolute Gasteiger partial charge is 0.296 e. The quantitative estimate of drug-likeness (QED) is 0.0819. The minimum atomic E-state index is -4.99. The zero-order valence-electron chi connectivity index (χ0n) is 28.8. The number of benzene rings is 2. The highest BCUT2D eigenvalue weighted by molar-refractivity contribution is 7.89. The van der Waals surface area contributed by atoms with Gasteiger partial charge < -0.3 is 0 Å². The van der Waals surface area contributed by atoms with Crippen molar-refractivity contribution in [3.8, 4) is 0 Å². The Morgan fingerprint density at radius 3 is 1.36 bits per heavy atom. The Kier molecular flexibility index (Phi) is 14.8. The van der Waals surface area contributed by atoms with Gasteiger partial charge in [-0.3, -0.25) is 9.11 Å². The molecule has 2 N–H and O–H groups in total. The van der Waals surface area contributed by atoms with Crippen LogP contribution in [0, 0.1) is 0 Å². The second-order valence-corrected chi connectivity index (χ2v) is 27.4. The number of unbranched alkanes of at least 4 members (excludes halogenated alkanes) is 12. The third-order valence-electron chi connectivity index (χ3n) is 8.68. The third kappa shape index (κ3) is 10.8. The molecule has 0 unspecified atom stereocenters. The van der Waals surface area contributed by atoms with Crippen LogP contribution in [-0.4, -0.2) is 42.1 Å². The Bertz CT molecular complexity index is 1450. The van der Waals surface area contributed by atoms with Crippen molar-refractivity contribution in [1.29, 1.82) is 0 Å². The Hall–Kier alpha value is -1.05. The highest BCUT2D eigenvalue weighted by Gasteiger charge is 2.41. The standard InChI is InChI=1S/C34H60O6S2Si2/c1-9-11-13-15-17-19-21-23-27-25-26-29-30(28(27)24-22-20-18-16-14-12-10-2)33(43(3,4)5)34(44(6,7)8)32(42(38,39)40)31(29)41(35,36)37/h25-26H,9-24H2,1-8H3,(H,35,36,37)(H,38,39,40). The van der Waals surface area contributed by atoms with E-state index in [0.717, 1.165) is 61.1 Å². The van der Waals surface area contributed by atoms with E-state index in [2.05, 4.69) is 33.5 Å². The van der Waals surface area contributed by atoms with Crippen molar-refractivity contribution in [3.63, 3.8) is 0 Å². The lowest BCUT2D eigenvalue weighted by molar-refractivity contribution is 0.468. The van der Waals surface area contributed by atoms with Crippen molar-refractivity contribution in [1.82, 2.24) is 0 Å². The zero-order chi connectivity index (χ0) is 33.3. The molecular weight excluding hydrogens is 625 g/mol. The fourth-order valence-electron chi connectivity index (χ4n) is 6.66. The predicted octanol–water partition coefficient (Wildman–Crippen LogP) is 9.01. The molecule has 0 saturated carbocycles. The van der Waals surface area contributed by atoms with Crippen LogP contribution < -0.4 is 10.4 Å². The van der Waals surface area contributed by atoms with E-state index in [1.165, 1.54) is 63.4 Å². The summed E-state index contributed by atoms with van der Waals surface area (Å²) in [4.78, 5) is -1.26. The van der Waals surface area contributed by atoms with Crippen LogP contribution in [0.15, 0.2) is 21.9 Å². The molecule has 0 aromatic heterocycles. The molecule has 0 amide bonds. The molecule has 0 aliphatic rings. The summed E-state index contributed by atoms with van der Waals surface area (Å²) in [6.07, 6.45) is 18.1. The molecule has 0 heterocycles. The van der Waals surface area contributed by atoms with Crippen LogP contribution in [-0.2, 0) is 33.1 Å². The van der Waals surface area contributed by atoms with Gasteiger partial charge in [0.2, 0.25) is 0 Å². The first-order chi connectivity index (χ1) is 20.4. The van der Waals surface area contributed by atoms with Crippen LogP contribution in [0.1, 0.15) is 115 Å². The Morgan fingerprint density at radius 1 is 0.545 bits per heavy atom. The molecule has 0 atom stereocenters. The van der Waals surface area contributed by atoms with E-state index in [4.69, 9.17) is 0 Å². The van der Waals surface area contributed by atoms with Crippen molar-refractivity contribution in [3.05, 3.63) is 23.3 Å². The minimum absolute atomic E-state index is 0.223. The fourth-order valence-corrected chi connectivity index (χ4v) is 16.1. The lowest BCUT2D eigenvalue weighted by Crippen LogP contribution is -2.59. The van der Waals surface area contributed by atoms with Gasteiger partial charge in [-0.1, -0.05) is 147 Å². The average Bonchev–Trinajstić information content (AvgIpc) is 2.88. The first kappa shape index (κ1) is 39.1. The molecule has 2 rings (SSSR count). The van der Waals surface area contributed by atoms with Gasteiger partial charge in [0.15, 0.2) is 0 Å². The Morgan fingerprint density at radius 2 is 0.955 bits per heavy atom. The molecule has 2 aromatic carbocycles. The van der Waals surface area contributed by atoms with Gasteiger partial charge in [-0.2, -0.15) is 16.8 Å². The van der Waals surface area contributed by atoms with E-state index in [1.807, 2.05) is 25.7 Å². The molecule has 0 radical (unpaired) electrons. The van der Waals surface area contributed by atoms with E-state index in [-0.39, 0.29) is 5.39 Å². The van der Waals surface area contributed by atoms with Crippen molar-refractivity contribution >= 4 is 57.5 Å². The van der Waals surface area contributed by atoms with Gasteiger partial charge in [-0.15, -0.1) is 0 Å². The molecule has 252 valence electrons. The van der Waals surface area contributed by atoms with Gasteiger partial charge in [-0.05, 0) is 47.4 Å². The molecule has 0 aliphatic heterocycles. The van der Waals surface area contributed by atoms with E-state index >= 15 is 0 Å². The van der Waals surface area contributed by atoms with Gasteiger partial charge in [0, 0.05) is 5.39 Å². The van der Waals surface area contributed by atoms with Gasteiger partial charge >= 0.3 is 0 Å². The van der Waals surface area contributed by atoms with Crippen LogP contribution in [0.3, 0.4) is 0 Å². The van der Waals surface area contributed by atoms with Gasteiger partial charge in [0.1, 0.15) is 9.79 Å². The summed E-state index contributed by atoms with van der Waals surface area (Å²) in [5.74, 6) is 0. The molecule has 44 heavy (non-hydrogen) atoms. The first-order valence-corrected chi connectivity index (χ1v) is 26.9. The van der Waals surface area contributed by atoms with Gasteiger partial charge in [0.25, 0.3) is 20.2 Å². The SMILES string of the molecule is CCCCCCCCCc1ccc2c(S(=O)(=O)O)c(S(=O)(=O)O)c([Si](C)(C)C)c([Si](C)(C)C)c2c1CCCCCCCCC. The number of hydrogen-bond donors (Lipinski definition) is 2. The summed E-state index contributed by atoms with van der Waals surface area (Å²) < 4.78 is 73.4. The lowest BCUT2D eigenvalue weighted by atomic mass is 9.91. The third-order valence-corrected chi connectivity index (χ3v) is 15.1. The highest BCUT2D eigenvalue weighted by Crippen LogP contribution is 2.35. The molecule has 0 bridgehead atoms. The summed E-state index contributed by atoms with van der Waals surface area (Å²) in [5.41, 5.74) is 2.30. The molecule has 0 aliphatic carbocycles. The van der Waals surface area contributed by atoms with Crippen LogP contribution in [0.4, 0.5) is 0 Å². The summed E-state index contributed by atoms with van der Waals surface area (Å²) in [6, 6.07) is 3.64. The van der Waals surface area contributed by atoms with Gasteiger partial charge in [-0.25, -0.2) is 0 Å². The van der Waals surface area contributed by atoms with E-state index in [9.17, 15) is 25.9 Å². The summed E-state index contributed by atoms with van der Waals surface area (Å²) >= 11 is 0. The van der Waals surface area contributed by atoms with Crippen molar-refractivity contribution < 1.29 is 25.9 Å². The number of aryl methyl sites for hydroxylation is 2. The normalized spacial score (nSPS) is 13.2. The number of hydrogen-bond acceptors (Lipinski definition) is 4. The predicted molar refractivity (Wildman–Crippen MR) is 193 cm³/mol. The van der Waals surface area contributed by atoms with Crippen LogP contribution >= 0.6 is 0 Å². The maximum Gasteiger partial charge on any atom is 0.296 e. The number of rotatable bonds is 20. The molecule has 10 heteroatoms. The highest BCUT2D eigenvalue weighted by atomic mass is 32.2. The van der Waals surface area contributed by atoms with Gasteiger partial charge in [0.05, 0.1) is 16.1 Å². The average molecular weight is 685 g/mol. The summed E-state index contributed by atoms with van der Waals surface area (Å²) in [5, 5.41) is 2.41. The summed E-state index contributed by atoms with van der Waals surface area (Å²) in [6.45, 7) is 16.9. The second kappa shape index (κ2) is 16.7. The van der Waals surface area contributed by atoms with E-state index < -0.39 is 46.2 Å². The monoisotopic (exact) mass is 684 g/mol. The van der Waals surface area contributed by atoms with Crippen LogP contribution in [0.25, 0.3) is 10.8 Å². The number of fused-ring (bicyclic) bond motifs is 1. The fraction of sp³-hybridized carbons (Fsp3) is 0.706. The van der Waals surface area contributed by atoms with E-state index in [1.54, 1.807) is 6.07 Å². The van der Waals surface area contributed by atoms with Crippen LogP contribution in [0.5, 0.6) is 0 Å². The molecule has 0 saturated heterocycles. The lowest BCUT2D eigenvalue weighted by Gasteiger charge is -2.34. The molecule has 0 fully saturated rings. The van der Waals surface area contributed by atoms with Crippen molar-refractivity contribution in [2.75, 3.05) is 0 Å². The van der Waals surface area contributed by atoms with E-state index in [0.29, 0.717) is 5.19 Å². The molecule has 0 spiro atoms. The molecule has 2 aromatic rings. The zero-order valence-corrected chi connectivity index (χ0v) is 32.4. The van der Waals surface area contributed by atoms with Crippen molar-refractivity contribution in [2.24, 2.45) is 0 Å². The minimum Gasteiger partial charge on any atom is -0.282 e. The second-order valence-electron chi connectivity index (χ2n) is 14.7.